The second kappa shape index (κ2) is 11.6. The lowest BCUT2D eigenvalue weighted by atomic mass is 9.83. The van der Waals surface area contributed by atoms with Gasteiger partial charge in [-0.15, -0.1) is 0 Å². The summed E-state index contributed by atoms with van der Waals surface area (Å²) < 4.78 is 27.1. The smallest absolute Gasteiger partial charge is 0.308 e. The highest BCUT2D eigenvalue weighted by Crippen LogP contribution is 2.44. The van der Waals surface area contributed by atoms with Crippen LogP contribution in [0.15, 0.2) is 48.5 Å². The van der Waals surface area contributed by atoms with Gasteiger partial charge in [0.25, 0.3) is 0 Å². The van der Waals surface area contributed by atoms with Crippen LogP contribution >= 0.6 is 0 Å². The van der Waals surface area contributed by atoms with E-state index in [0.717, 1.165) is 27.8 Å². The van der Waals surface area contributed by atoms with Gasteiger partial charge in [0.2, 0.25) is 5.75 Å². The molecule has 0 unspecified atom stereocenters. The molecule has 0 aliphatic heterocycles. The van der Waals surface area contributed by atoms with Gasteiger partial charge in [0.05, 0.1) is 14.2 Å². The number of carbonyl (C=O) groups is 3. The molecular weight excluding hydrogens is 476 g/mol. The Morgan fingerprint density at radius 2 is 0.973 bits per heavy atom. The zero-order chi connectivity index (χ0) is 27.3. The molecule has 0 spiro atoms. The first-order valence-corrected chi connectivity index (χ1v) is 11.6. The van der Waals surface area contributed by atoms with Gasteiger partial charge < -0.3 is 23.7 Å². The van der Waals surface area contributed by atoms with Crippen LogP contribution in [-0.4, -0.2) is 32.1 Å². The first-order valence-electron chi connectivity index (χ1n) is 11.6. The maximum Gasteiger partial charge on any atom is 0.308 e. The fourth-order valence-corrected chi connectivity index (χ4v) is 4.13. The van der Waals surface area contributed by atoms with E-state index in [9.17, 15) is 14.4 Å². The van der Waals surface area contributed by atoms with Crippen molar-refractivity contribution in [3.8, 4) is 28.7 Å². The van der Waals surface area contributed by atoms with Crippen molar-refractivity contribution in [2.75, 3.05) is 14.2 Å². The minimum absolute atomic E-state index is 0.183. The third-order valence-electron chi connectivity index (χ3n) is 5.63. The molecule has 0 aliphatic rings. The van der Waals surface area contributed by atoms with Gasteiger partial charge in [0.15, 0.2) is 11.5 Å². The predicted octanol–water partition coefficient (Wildman–Crippen LogP) is 5.28. The molecule has 0 bridgehead atoms. The quantitative estimate of drug-likeness (QED) is 0.231. The molecule has 0 N–H and O–H groups in total. The van der Waals surface area contributed by atoms with Gasteiger partial charge in [-0.25, -0.2) is 0 Å². The van der Waals surface area contributed by atoms with E-state index in [2.05, 4.69) is 0 Å². The molecular formula is C29H30O8. The van der Waals surface area contributed by atoms with Gasteiger partial charge in [-0.3, -0.25) is 14.4 Å². The van der Waals surface area contributed by atoms with Crippen LogP contribution in [0.4, 0.5) is 0 Å². The highest BCUT2D eigenvalue weighted by Gasteiger charge is 2.24. The summed E-state index contributed by atoms with van der Waals surface area (Å²) in [6.07, 6.45) is 0. The SMILES string of the molecule is COc1cc(C(c2ccc(OC(C)=O)c(C)c2)c2ccc(OC(C)=O)c(C)c2)cc(OC)c1OC(C)=O. The molecule has 0 amide bonds. The lowest BCUT2D eigenvalue weighted by molar-refractivity contribution is -0.133. The monoisotopic (exact) mass is 506 g/mol. The first-order chi connectivity index (χ1) is 17.5. The second-order valence-corrected chi connectivity index (χ2v) is 8.52. The number of benzene rings is 3. The number of hydrogen-bond acceptors (Lipinski definition) is 8. The van der Waals surface area contributed by atoms with Crippen molar-refractivity contribution in [3.05, 3.63) is 76.3 Å². The summed E-state index contributed by atoms with van der Waals surface area (Å²) in [4.78, 5) is 34.7. The van der Waals surface area contributed by atoms with Crippen LogP contribution in [0.1, 0.15) is 54.5 Å². The van der Waals surface area contributed by atoms with Gasteiger partial charge in [0.1, 0.15) is 11.5 Å². The zero-order valence-corrected chi connectivity index (χ0v) is 22.0. The summed E-state index contributed by atoms with van der Waals surface area (Å²) in [5.74, 6) is 0.140. The van der Waals surface area contributed by atoms with E-state index in [4.69, 9.17) is 23.7 Å². The Morgan fingerprint density at radius 1 is 0.568 bits per heavy atom. The molecule has 3 rings (SSSR count). The Morgan fingerprint density at radius 3 is 1.30 bits per heavy atom. The van der Waals surface area contributed by atoms with E-state index in [1.54, 1.807) is 24.3 Å². The lowest BCUT2D eigenvalue weighted by Crippen LogP contribution is -2.09. The van der Waals surface area contributed by atoms with Crippen molar-refractivity contribution >= 4 is 17.9 Å². The number of rotatable bonds is 8. The Hall–Kier alpha value is -4.33. The van der Waals surface area contributed by atoms with Gasteiger partial charge >= 0.3 is 17.9 Å². The van der Waals surface area contributed by atoms with Crippen LogP contribution in [0.3, 0.4) is 0 Å². The molecule has 0 saturated heterocycles. The van der Waals surface area contributed by atoms with E-state index in [1.165, 1.54) is 35.0 Å². The second-order valence-electron chi connectivity index (χ2n) is 8.52. The van der Waals surface area contributed by atoms with Crippen molar-refractivity contribution in [1.82, 2.24) is 0 Å². The Kier molecular flexibility index (Phi) is 8.55. The van der Waals surface area contributed by atoms with Crippen LogP contribution in [0, 0.1) is 13.8 Å². The van der Waals surface area contributed by atoms with Crippen molar-refractivity contribution in [2.24, 2.45) is 0 Å². The topological polar surface area (TPSA) is 97.4 Å². The third-order valence-corrected chi connectivity index (χ3v) is 5.63. The van der Waals surface area contributed by atoms with Crippen LogP contribution in [0.25, 0.3) is 0 Å². The average Bonchev–Trinajstić information content (AvgIpc) is 2.82. The number of ether oxygens (including phenoxy) is 5. The minimum Gasteiger partial charge on any atom is -0.493 e. The summed E-state index contributed by atoms with van der Waals surface area (Å²) in [5, 5.41) is 0. The molecule has 3 aromatic carbocycles. The van der Waals surface area contributed by atoms with Gasteiger partial charge in [0, 0.05) is 26.7 Å². The summed E-state index contributed by atoms with van der Waals surface area (Å²) in [6.45, 7) is 7.73. The fourth-order valence-electron chi connectivity index (χ4n) is 4.13. The van der Waals surface area contributed by atoms with E-state index in [-0.39, 0.29) is 11.7 Å². The Balaban J connectivity index is 2.24. The number of methoxy groups -OCH3 is 2. The molecule has 0 atom stereocenters. The number of esters is 3. The number of aryl methyl sites for hydroxylation is 2. The van der Waals surface area contributed by atoms with Crippen molar-refractivity contribution in [3.63, 3.8) is 0 Å². The standard InChI is InChI=1S/C29H30O8/c1-16-12-21(8-10-24(16)35-18(3)30)28(22-9-11-25(17(2)13-22)36-19(4)31)23-14-26(33-6)29(37-20(5)32)27(15-23)34-7/h8-15,28H,1-7H3. The highest BCUT2D eigenvalue weighted by atomic mass is 16.6. The molecule has 8 nitrogen and oxygen atoms in total. The van der Waals surface area contributed by atoms with E-state index >= 15 is 0 Å². The maximum atomic E-state index is 11.7. The highest BCUT2D eigenvalue weighted by molar-refractivity contribution is 5.73. The summed E-state index contributed by atoms with van der Waals surface area (Å²) in [5.41, 5.74) is 4.15. The van der Waals surface area contributed by atoms with E-state index < -0.39 is 17.9 Å². The average molecular weight is 507 g/mol. The first kappa shape index (κ1) is 27.3. The minimum atomic E-state index is -0.505. The zero-order valence-electron chi connectivity index (χ0n) is 22.0. The fraction of sp³-hybridized carbons (Fsp3) is 0.276. The van der Waals surface area contributed by atoms with Crippen LogP contribution < -0.4 is 23.7 Å². The number of hydrogen-bond donors (Lipinski definition) is 0. The molecule has 37 heavy (non-hydrogen) atoms. The maximum absolute atomic E-state index is 11.7. The molecule has 3 aromatic rings. The molecule has 194 valence electrons. The van der Waals surface area contributed by atoms with Crippen molar-refractivity contribution in [1.29, 1.82) is 0 Å². The van der Waals surface area contributed by atoms with Crippen molar-refractivity contribution in [2.45, 2.75) is 40.5 Å². The lowest BCUT2D eigenvalue weighted by Gasteiger charge is -2.23. The van der Waals surface area contributed by atoms with Crippen molar-refractivity contribution < 1.29 is 38.1 Å². The molecule has 0 aromatic heterocycles. The van der Waals surface area contributed by atoms with Crippen LogP contribution in [0.5, 0.6) is 28.7 Å². The van der Waals surface area contributed by atoms with E-state index in [1.807, 2.05) is 38.1 Å². The summed E-state index contributed by atoms with van der Waals surface area (Å²) >= 11 is 0. The van der Waals surface area contributed by atoms with Gasteiger partial charge in [-0.2, -0.15) is 0 Å². The van der Waals surface area contributed by atoms with E-state index in [0.29, 0.717) is 23.0 Å². The molecule has 0 radical (unpaired) electrons. The predicted molar refractivity (Wildman–Crippen MR) is 137 cm³/mol. The molecule has 0 saturated carbocycles. The number of carbonyl (C=O) groups excluding carboxylic acids is 3. The van der Waals surface area contributed by atoms with Crippen LogP contribution in [-0.2, 0) is 14.4 Å². The summed E-state index contributed by atoms with van der Waals surface area (Å²) in [7, 11) is 2.97. The molecule has 0 heterocycles. The molecule has 8 heteroatoms. The Bertz CT molecular complexity index is 1250. The summed E-state index contributed by atoms with van der Waals surface area (Å²) in [6, 6.07) is 14.7. The van der Waals surface area contributed by atoms with Gasteiger partial charge in [-0.05, 0) is 65.9 Å². The normalized spacial score (nSPS) is 10.6. The van der Waals surface area contributed by atoms with Gasteiger partial charge in [-0.1, -0.05) is 24.3 Å². The molecule has 0 fully saturated rings. The Labute approximate surface area is 216 Å². The van der Waals surface area contributed by atoms with Crippen LogP contribution in [0.2, 0.25) is 0 Å². The molecule has 0 aliphatic carbocycles. The third kappa shape index (κ3) is 6.46. The largest absolute Gasteiger partial charge is 0.493 e.